The quantitative estimate of drug-likeness (QED) is 0.495. The number of fused-ring (bicyclic) bond motifs is 2. The number of aliphatic hydroxyl groups excluding tert-OH is 1. The van der Waals surface area contributed by atoms with Gasteiger partial charge in [0, 0.05) is 12.6 Å². The van der Waals surface area contributed by atoms with E-state index in [9.17, 15) is 14.7 Å². The Morgan fingerprint density at radius 2 is 1.69 bits per heavy atom. The molecule has 1 atom stereocenters. The molecule has 4 rings (SSSR count). The zero-order valence-electron chi connectivity index (χ0n) is 15.5. The fourth-order valence-corrected chi connectivity index (χ4v) is 3.07. The van der Waals surface area contributed by atoms with E-state index in [1.165, 1.54) is 0 Å². The number of rotatable bonds is 6. The summed E-state index contributed by atoms with van der Waals surface area (Å²) in [5.74, 6) is 0.0507. The predicted molar refractivity (Wildman–Crippen MR) is 110 cm³/mol. The summed E-state index contributed by atoms with van der Waals surface area (Å²) in [6.45, 7) is -0.129. The molecule has 0 unspecified atom stereocenters. The van der Waals surface area contributed by atoms with Crippen LogP contribution in [-0.4, -0.2) is 24.2 Å². The largest absolute Gasteiger partial charge is 0.484 e. The van der Waals surface area contributed by atoms with Crippen LogP contribution < -0.4 is 15.5 Å². The molecule has 1 heterocycles. The number of benzene rings is 3. The zero-order chi connectivity index (χ0) is 20.2. The lowest BCUT2D eigenvalue weighted by Crippen LogP contribution is -2.32. The van der Waals surface area contributed by atoms with Crippen LogP contribution in [0.25, 0.3) is 21.9 Å². The highest BCUT2D eigenvalue weighted by Gasteiger charge is 2.11. The summed E-state index contributed by atoms with van der Waals surface area (Å²) in [5, 5.41) is 13.7. The Labute approximate surface area is 166 Å². The van der Waals surface area contributed by atoms with E-state index in [-0.39, 0.29) is 24.5 Å². The first-order valence-corrected chi connectivity index (χ1v) is 9.20. The van der Waals surface area contributed by atoms with Crippen molar-refractivity contribution < 1.29 is 19.1 Å². The predicted octanol–water partition coefficient (Wildman–Crippen LogP) is 3.17. The van der Waals surface area contributed by atoms with E-state index < -0.39 is 6.10 Å². The van der Waals surface area contributed by atoms with Crippen LogP contribution in [0, 0.1) is 0 Å². The van der Waals surface area contributed by atoms with Crippen molar-refractivity contribution in [3.8, 4) is 5.75 Å². The number of ether oxygens (including phenoxy) is 1. The van der Waals surface area contributed by atoms with Crippen LogP contribution in [0.3, 0.4) is 0 Å². The number of para-hydroxylation sites is 1. The highest BCUT2D eigenvalue weighted by Crippen LogP contribution is 2.22. The third kappa shape index (κ3) is 4.12. The standard InChI is InChI=1S/C23H19NO5/c25-19(15-6-2-1-3-7-15)13-24-22(26)14-28-16-10-11-18-21(12-16)29-20-9-5-4-8-17(20)23(18)27/h1-12,19,25H,13-14H2,(H,24,26)/t19-/m1/s1. The molecule has 0 aliphatic rings. The summed E-state index contributed by atoms with van der Waals surface area (Å²) in [6, 6.07) is 21.0. The van der Waals surface area contributed by atoms with Gasteiger partial charge in [-0.25, -0.2) is 0 Å². The summed E-state index contributed by atoms with van der Waals surface area (Å²) in [7, 11) is 0. The Hall–Kier alpha value is -3.64. The third-order valence-corrected chi connectivity index (χ3v) is 4.60. The molecule has 0 saturated heterocycles. The van der Waals surface area contributed by atoms with Crippen LogP contribution in [0.2, 0.25) is 0 Å². The van der Waals surface area contributed by atoms with Gasteiger partial charge in [0.25, 0.3) is 5.91 Å². The first-order valence-electron chi connectivity index (χ1n) is 9.20. The van der Waals surface area contributed by atoms with Gasteiger partial charge < -0.3 is 19.6 Å². The number of carbonyl (C=O) groups is 1. The van der Waals surface area contributed by atoms with Crippen molar-refractivity contribution in [2.45, 2.75) is 6.10 Å². The summed E-state index contributed by atoms with van der Waals surface area (Å²) < 4.78 is 11.3. The summed E-state index contributed by atoms with van der Waals surface area (Å²) in [6.07, 6.45) is -0.789. The Morgan fingerprint density at radius 1 is 0.966 bits per heavy atom. The maximum atomic E-state index is 12.5. The SMILES string of the molecule is O=C(COc1ccc2c(=O)c3ccccc3oc2c1)NC[C@@H](O)c1ccccc1. The molecular formula is C23H19NO5. The molecule has 0 aliphatic heterocycles. The van der Waals surface area contributed by atoms with Crippen molar-refractivity contribution in [2.24, 2.45) is 0 Å². The minimum atomic E-state index is -0.789. The van der Waals surface area contributed by atoms with Gasteiger partial charge in [-0.3, -0.25) is 9.59 Å². The van der Waals surface area contributed by atoms with E-state index in [2.05, 4.69) is 5.32 Å². The van der Waals surface area contributed by atoms with Crippen LogP contribution >= 0.6 is 0 Å². The Kier molecular flexibility index (Phi) is 5.27. The number of aliphatic hydroxyl groups is 1. The van der Waals surface area contributed by atoms with Crippen molar-refractivity contribution in [3.63, 3.8) is 0 Å². The highest BCUT2D eigenvalue weighted by atomic mass is 16.5. The van der Waals surface area contributed by atoms with Gasteiger partial charge in [-0.2, -0.15) is 0 Å². The second-order valence-electron chi connectivity index (χ2n) is 6.60. The van der Waals surface area contributed by atoms with E-state index in [4.69, 9.17) is 9.15 Å². The fourth-order valence-electron chi connectivity index (χ4n) is 3.07. The molecule has 0 spiro atoms. The molecule has 0 radical (unpaired) electrons. The molecule has 0 bridgehead atoms. The van der Waals surface area contributed by atoms with Crippen LogP contribution in [0.5, 0.6) is 5.75 Å². The molecule has 4 aromatic rings. The van der Waals surface area contributed by atoms with Crippen LogP contribution in [-0.2, 0) is 4.79 Å². The molecule has 0 aliphatic carbocycles. The maximum absolute atomic E-state index is 12.5. The van der Waals surface area contributed by atoms with Gasteiger partial charge in [0.15, 0.2) is 6.61 Å². The van der Waals surface area contributed by atoms with Crippen LogP contribution in [0.4, 0.5) is 0 Å². The molecule has 29 heavy (non-hydrogen) atoms. The molecule has 6 nitrogen and oxygen atoms in total. The van der Waals surface area contributed by atoms with Gasteiger partial charge >= 0.3 is 0 Å². The second-order valence-corrected chi connectivity index (χ2v) is 6.60. The normalized spacial score (nSPS) is 12.0. The fraction of sp³-hybridized carbons (Fsp3) is 0.130. The minimum Gasteiger partial charge on any atom is -0.484 e. The molecule has 1 aromatic heterocycles. The van der Waals surface area contributed by atoms with Crippen molar-refractivity contribution in [3.05, 3.63) is 88.6 Å². The minimum absolute atomic E-state index is 0.0881. The Bertz CT molecular complexity index is 1220. The van der Waals surface area contributed by atoms with Gasteiger partial charge in [-0.15, -0.1) is 0 Å². The van der Waals surface area contributed by atoms with E-state index in [0.29, 0.717) is 27.7 Å². The lowest BCUT2D eigenvalue weighted by Gasteiger charge is -2.12. The smallest absolute Gasteiger partial charge is 0.258 e. The van der Waals surface area contributed by atoms with E-state index in [1.54, 1.807) is 54.6 Å². The summed E-state index contributed by atoms with van der Waals surface area (Å²) in [4.78, 5) is 24.6. The average molecular weight is 389 g/mol. The molecule has 3 aromatic carbocycles. The van der Waals surface area contributed by atoms with Crippen molar-refractivity contribution >= 4 is 27.8 Å². The summed E-state index contributed by atoms with van der Waals surface area (Å²) >= 11 is 0. The number of amides is 1. The molecular weight excluding hydrogens is 370 g/mol. The van der Waals surface area contributed by atoms with Gasteiger partial charge in [0.1, 0.15) is 16.9 Å². The molecule has 2 N–H and O–H groups in total. The number of carbonyl (C=O) groups excluding carboxylic acids is 1. The third-order valence-electron chi connectivity index (χ3n) is 4.60. The number of nitrogens with one attached hydrogen (secondary N) is 1. The molecule has 1 amide bonds. The molecule has 6 heteroatoms. The van der Waals surface area contributed by atoms with Crippen molar-refractivity contribution in [2.75, 3.05) is 13.2 Å². The van der Waals surface area contributed by atoms with Crippen LogP contribution in [0.1, 0.15) is 11.7 Å². The molecule has 0 saturated carbocycles. The lowest BCUT2D eigenvalue weighted by molar-refractivity contribution is -0.123. The highest BCUT2D eigenvalue weighted by molar-refractivity contribution is 5.90. The van der Waals surface area contributed by atoms with Crippen molar-refractivity contribution in [1.82, 2.24) is 5.32 Å². The lowest BCUT2D eigenvalue weighted by atomic mass is 10.1. The van der Waals surface area contributed by atoms with Gasteiger partial charge in [-0.05, 0) is 29.8 Å². The van der Waals surface area contributed by atoms with E-state index >= 15 is 0 Å². The average Bonchev–Trinajstić information content (AvgIpc) is 2.76. The second kappa shape index (κ2) is 8.16. The monoisotopic (exact) mass is 389 g/mol. The molecule has 0 fully saturated rings. The van der Waals surface area contributed by atoms with E-state index in [0.717, 1.165) is 5.56 Å². The maximum Gasteiger partial charge on any atom is 0.258 e. The Morgan fingerprint density at radius 3 is 2.52 bits per heavy atom. The number of hydrogen-bond donors (Lipinski definition) is 2. The first kappa shape index (κ1) is 18.7. The zero-order valence-corrected chi connectivity index (χ0v) is 15.5. The van der Waals surface area contributed by atoms with E-state index in [1.807, 2.05) is 18.2 Å². The molecule has 146 valence electrons. The Balaban J connectivity index is 1.41. The summed E-state index contributed by atoms with van der Waals surface area (Å²) in [5.41, 5.74) is 1.51. The van der Waals surface area contributed by atoms with Gasteiger partial charge in [0.2, 0.25) is 5.43 Å². The topological polar surface area (TPSA) is 88.8 Å². The first-order chi connectivity index (χ1) is 14.1. The van der Waals surface area contributed by atoms with Crippen molar-refractivity contribution in [1.29, 1.82) is 0 Å². The van der Waals surface area contributed by atoms with Gasteiger partial charge in [-0.1, -0.05) is 42.5 Å². The van der Waals surface area contributed by atoms with Gasteiger partial charge in [0.05, 0.1) is 16.9 Å². The van der Waals surface area contributed by atoms with Crippen LogP contribution in [0.15, 0.2) is 82.0 Å². The number of hydrogen-bond acceptors (Lipinski definition) is 5.